The Balaban J connectivity index is 1.68. The molecule has 0 radical (unpaired) electrons. The molecule has 2 N–H and O–H groups in total. The highest BCUT2D eigenvalue weighted by atomic mass is 32.2. The van der Waals surface area contributed by atoms with Crippen LogP contribution in [0.4, 0.5) is 11.4 Å². The van der Waals surface area contributed by atoms with Gasteiger partial charge in [0.1, 0.15) is 0 Å². The number of nitrogens with one attached hydrogen (secondary N) is 2. The maximum absolute atomic E-state index is 12.9. The van der Waals surface area contributed by atoms with Crippen molar-refractivity contribution < 1.29 is 18.0 Å². The quantitative estimate of drug-likeness (QED) is 0.517. The Hall–Kier alpha value is -3.49. The molecule has 8 heteroatoms. The van der Waals surface area contributed by atoms with Crippen LogP contribution >= 0.6 is 0 Å². The van der Waals surface area contributed by atoms with Crippen molar-refractivity contribution in [1.29, 1.82) is 0 Å². The molecule has 2 amide bonds. The number of hydrogen-bond donors (Lipinski definition) is 2. The van der Waals surface area contributed by atoms with E-state index in [1.807, 2.05) is 30.3 Å². The fourth-order valence-corrected chi connectivity index (χ4v) is 4.20. The number of nitrogens with zero attached hydrogens (tertiary/aromatic N) is 1. The van der Waals surface area contributed by atoms with Crippen LogP contribution in [0.3, 0.4) is 0 Å². The number of amides is 2. The van der Waals surface area contributed by atoms with E-state index >= 15 is 0 Å². The predicted octanol–water partition coefficient (Wildman–Crippen LogP) is 4.35. The zero-order valence-electron chi connectivity index (χ0n) is 18.8. The molecule has 0 fully saturated rings. The Morgan fingerprint density at radius 1 is 0.848 bits per heavy atom. The Labute approximate surface area is 194 Å². The smallest absolute Gasteiger partial charge is 0.255 e. The fourth-order valence-electron chi connectivity index (χ4n) is 3.04. The normalized spacial score (nSPS) is 11.4. The molecule has 0 saturated heterocycles. The zero-order chi connectivity index (χ0) is 24.0. The summed E-state index contributed by atoms with van der Waals surface area (Å²) in [4.78, 5) is 24.6. The third-order valence-corrected chi connectivity index (χ3v) is 6.80. The molecule has 3 rings (SSSR count). The topological polar surface area (TPSA) is 95.6 Å². The van der Waals surface area contributed by atoms with Gasteiger partial charge in [-0.25, -0.2) is 8.42 Å². The molecule has 172 valence electrons. The third kappa shape index (κ3) is 6.27. The van der Waals surface area contributed by atoms with E-state index < -0.39 is 10.0 Å². The van der Waals surface area contributed by atoms with Crippen LogP contribution in [0.5, 0.6) is 0 Å². The monoisotopic (exact) mass is 465 g/mol. The molecule has 0 bridgehead atoms. The molecule has 0 aromatic heterocycles. The van der Waals surface area contributed by atoms with Crippen molar-refractivity contribution in [3.05, 3.63) is 90.0 Å². The molecule has 0 aliphatic heterocycles. The summed E-state index contributed by atoms with van der Waals surface area (Å²) >= 11 is 0. The molecule has 33 heavy (non-hydrogen) atoms. The summed E-state index contributed by atoms with van der Waals surface area (Å²) in [6, 6.07) is 22.0. The van der Waals surface area contributed by atoms with E-state index in [1.165, 1.54) is 23.5 Å². The number of benzene rings is 3. The van der Waals surface area contributed by atoms with E-state index in [2.05, 4.69) is 10.6 Å². The maximum atomic E-state index is 12.9. The molecule has 0 aliphatic rings. The molecule has 0 unspecified atom stereocenters. The first-order valence-electron chi connectivity index (χ1n) is 10.5. The average molecular weight is 466 g/mol. The Bertz CT molecular complexity index is 1220. The van der Waals surface area contributed by atoms with E-state index in [1.54, 1.807) is 50.2 Å². The molecular weight excluding hydrogens is 438 g/mol. The van der Waals surface area contributed by atoms with Crippen LogP contribution in [0.25, 0.3) is 0 Å². The van der Waals surface area contributed by atoms with Gasteiger partial charge in [0.25, 0.3) is 5.91 Å². The molecule has 3 aromatic carbocycles. The summed E-state index contributed by atoms with van der Waals surface area (Å²) in [5, 5.41) is 5.51. The van der Waals surface area contributed by atoms with Gasteiger partial charge in [-0.05, 0) is 48.0 Å². The SMILES string of the molecule is CC(C)C(=O)Nc1cccc(C(=O)Nc2ccc(S(=O)(=O)N(C)Cc3ccccc3)cc2)c1. The minimum Gasteiger partial charge on any atom is -0.326 e. The highest BCUT2D eigenvalue weighted by Gasteiger charge is 2.21. The largest absolute Gasteiger partial charge is 0.326 e. The van der Waals surface area contributed by atoms with Crippen molar-refractivity contribution in [2.24, 2.45) is 5.92 Å². The highest BCUT2D eigenvalue weighted by molar-refractivity contribution is 7.89. The summed E-state index contributed by atoms with van der Waals surface area (Å²) in [5.41, 5.74) is 2.25. The van der Waals surface area contributed by atoms with Gasteiger partial charge in [0.15, 0.2) is 0 Å². The lowest BCUT2D eigenvalue weighted by molar-refractivity contribution is -0.118. The van der Waals surface area contributed by atoms with Crippen LogP contribution in [-0.2, 0) is 21.4 Å². The molecule has 0 spiro atoms. The van der Waals surface area contributed by atoms with Gasteiger partial charge < -0.3 is 10.6 Å². The second-order valence-electron chi connectivity index (χ2n) is 7.95. The van der Waals surface area contributed by atoms with E-state index in [0.29, 0.717) is 16.9 Å². The van der Waals surface area contributed by atoms with Gasteiger partial charge >= 0.3 is 0 Å². The lowest BCUT2D eigenvalue weighted by Crippen LogP contribution is -2.26. The third-order valence-electron chi connectivity index (χ3n) is 4.99. The second-order valence-corrected chi connectivity index (χ2v) is 9.99. The number of hydrogen-bond acceptors (Lipinski definition) is 4. The molecule has 0 heterocycles. The predicted molar refractivity (Wildman–Crippen MR) is 129 cm³/mol. The van der Waals surface area contributed by atoms with Gasteiger partial charge in [0, 0.05) is 36.4 Å². The van der Waals surface area contributed by atoms with Crippen molar-refractivity contribution in [3.63, 3.8) is 0 Å². The Morgan fingerprint density at radius 3 is 2.15 bits per heavy atom. The van der Waals surface area contributed by atoms with Crippen molar-refractivity contribution in [3.8, 4) is 0 Å². The van der Waals surface area contributed by atoms with Crippen LogP contribution in [0.15, 0.2) is 83.8 Å². The number of carbonyl (C=O) groups is 2. The van der Waals surface area contributed by atoms with E-state index in [9.17, 15) is 18.0 Å². The standard InChI is InChI=1S/C25H27N3O4S/c1-18(2)24(29)27-22-11-7-10-20(16-22)25(30)26-21-12-14-23(15-13-21)33(31,32)28(3)17-19-8-5-4-6-9-19/h4-16,18H,17H2,1-3H3,(H,26,30)(H,27,29). The molecular formula is C25H27N3O4S. The summed E-state index contributed by atoms with van der Waals surface area (Å²) in [6.45, 7) is 3.83. The van der Waals surface area contributed by atoms with Gasteiger partial charge in [-0.15, -0.1) is 0 Å². The van der Waals surface area contributed by atoms with Gasteiger partial charge in [0.05, 0.1) is 4.90 Å². The summed E-state index contributed by atoms with van der Waals surface area (Å²) in [5.74, 6) is -0.682. The Kier molecular flexibility index (Phi) is 7.63. The van der Waals surface area contributed by atoms with Gasteiger partial charge in [0.2, 0.25) is 15.9 Å². The first-order chi connectivity index (χ1) is 15.7. The molecule has 0 aliphatic carbocycles. The number of rotatable bonds is 8. The van der Waals surface area contributed by atoms with Crippen molar-refractivity contribution in [2.75, 3.05) is 17.7 Å². The molecule has 7 nitrogen and oxygen atoms in total. The number of anilines is 2. The van der Waals surface area contributed by atoms with E-state index in [-0.39, 0.29) is 29.2 Å². The average Bonchev–Trinajstić information content (AvgIpc) is 2.80. The fraction of sp³-hybridized carbons (Fsp3) is 0.200. The van der Waals surface area contributed by atoms with Gasteiger partial charge in [-0.2, -0.15) is 4.31 Å². The number of carbonyl (C=O) groups excluding carboxylic acids is 2. The van der Waals surface area contributed by atoms with E-state index in [4.69, 9.17) is 0 Å². The first-order valence-corrected chi connectivity index (χ1v) is 11.9. The second kappa shape index (κ2) is 10.4. The molecule has 0 atom stereocenters. The lowest BCUT2D eigenvalue weighted by atomic mass is 10.1. The van der Waals surface area contributed by atoms with Crippen molar-refractivity contribution in [2.45, 2.75) is 25.3 Å². The molecule has 3 aromatic rings. The van der Waals surface area contributed by atoms with Crippen LogP contribution < -0.4 is 10.6 Å². The van der Waals surface area contributed by atoms with Gasteiger partial charge in [-0.1, -0.05) is 50.2 Å². The highest BCUT2D eigenvalue weighted by Crippen LogP contribution is 2.20. The summed E-state index contributed by atoms with van der Waals surface area (Å²) in [7, 11) is -2.15. The number of sulfonamides is 1. The Morgan fingerprint density at radius 2 is 1.52 bits per heavy atom. The van der Waals surface area contributed by atoms with Crippen LogP contribution in [-0.4, -0.2) is 31.6 Å². The van der Waals surface area contributed by atoms with E-state index in [0.717, 1.165) is 5.56 Å². The minimum atomic E-state index is -3.68. The summed E-state index contributed by atoms with van der Waals surface area (Å²) < 4.78 is 27.0. The maximum Gasteiger partial charge on any atom is 0.255 e. The van der Waals surface area contributed by atoms with Crippen LogP contribution in [0.1, 0.15) is 29.8 Å². The van der Waals surface area contributed by atoms with Crippen molar-refractivity contribution in [1.82, 2.24) is 4.31 Å². The first kappa shape index (κ1) is 24.2. The van der Waals surface area contributed by atoms with Crippen LogP contribution in [0.2, 0.25) is 0 Å². The van der Waals surface area contributed by atoms with Crippen molar-refractivity contribution >= 4 is 33.2 Å². The van der Waals surface area contributed by atoms with Gasteiger partial charge in [-0.3, -0.25) is 9.59 Å². The summed E-state index contributed by atoms with van der Waals surface area (Å²) in [6.07, 6.45) is 0. The lowest BCUT2D eigenvalue weighted by Gasteiger charge is -2.17. The van der Waals surface area contributed by atoms with Crippen LogP contribution in [0, 0.1) is 5.92 Å². The minimum absolute atomic E-state index is 0.136. The molecule has 0 saturated carbocycles. The zero-order valence-corrected chi connectivity index (χ0v) is 19.6.